The number of nitrogens with two attached hydrogens (primary N) is 1. The summed E-state index contributed by atoms with van der Waals surface area (Å²) in [6, 6.07) is 0. The second kappa shape index (κ2) is 3.31. The van der Waals surface area contributed by atoms with Crippen LogP contribution in [0.2, 0.25) is 0 Å². The van der Waals surface area contributed by atoms with Crippen molar-refractivity contribution in [2.75, 3.05) is 7.05 Å². The second-order valence-corrected chi connectivity index (χ2v) is 3.35. The summed E-state index contributed by atoms with van der Waals surface area (Å²) in [7, 11) is 1.76. The number of allylic oxidation sites excluding steroid dienone is 2. The predicted molar refractivity (Wildman–Crippen MR) is 47.9 cm³/mol. The number of hydrogen-bond acceptors (Lipinski definition) is 1. The lowest BCUT2D eigenvalue weighted by Crippen LogP contribution is -2.27. The number of hydrogen-bond donors (Lipinski definition) is 3. The molecule has 0 aromatic rings. The van der Waals surface area contributed by atoms with Crippen molar-refractivity contribution in [1.82, 2.24) is 5.32 Å². The minimum absolute atomic E-state index is 0.451. The van der Waals surface area contributed by atoms with Crippen LogP contribution in [-0.4, -0.2) is 13.0 Å². The molecule has 0 saturated carbocycles. The maximum absolute atomic E-state index is 5.44. The average molecular weight is 157 g/mol. The standard InChI is InChI=1S/C6H11N3S/c1-8-6(7)9-10-4-2-3-5-10/h2-5,10H,1H3,(H3,7,8,9). The van der Waals surface area contributed by atoms with Crippen molar-refractivity contribution in [2.24, 2.45) is 10.1 Å². The molecule has 0 aromatic carbocycles. The Morgan fingerprint density at radius 3 is 2.60 bits per heavy atom. The molecule has 3 nitrogen and oxygen atoms in total. The zero-order chi connectivity index (χ0) is 7.40. The van der Waals surface area contributed by atoms with Gasteiger partial charge < -0.3 is 11.1 Å². The van der Waals surface area contributed by atoms with Gasteiger partial charge in [-0.2, -0.15) is 4.40 Å². The summed E-state index contributed by atoms with van der Waals surface area (Å²) in [6.07, 6.45) is 3.97. The van der Waals surface area contributed by atoms with Gasteiger partial charge in [0, 0.05) is 7.05 Å². The minimum Gasteiger partial charge on any atom is -0.369 e. The first-order valence-corrected chi connectivity index (χ1v) is 4.41. The molecular formula is C6H11N3S. The summed E-state index contributed by atoms with van der Waals surface area (Å²) in [4.78, 5) is 0. The van der Waals surface area contributed by atoms with E-state index in [4.69, 9.17) is 5.73 Å². The van der Waals surface area contributed by atoms with Gasteiger partial charge in [-0.1, -0.05) is 12.2 Å². The van der Waals surface area contributed by atoms with Crippen LogP contribution in [0, 0.1) is 0 Å². The molecule has 0 spiro atoms. The largest absolute Gasteiger partial charge is 0.369 e. The van der Waals surface area contributed by atoms with Gasteiger partial charge in [0.15, 0.2) is 5.96 Å². The van der Waals surface area contributed by atoms with Gasteiger partial charge in [-0.3, -0.25) is 0 Å². The lowest BCUT2D eigenvalue weighted by atomic mass is 10.6. The van der Waals surface area contributed by atoms with Gasteiger partial charge in [0.2, 0.25) is 0 Å². The summed E-state index contributed by atoms with van der Waals surface area (Å²) in [5.41, 5.74) is 5.44. The highest BCUT2D eigenvalue weighted by Crippen LogP contribution is 2.33. The molecule has 4 heteroatoms. The van der Waals surface area contributed by atoms with E-state index in [1.807, 2.05) is 23.0 Å². The second-order valence-electron chi connectivity index (χ2n) is 1.80. The fourth-order valence-electron chi connectivity index (χ4n) is 0.567. The van der Waals surface area contributed by atoms with E-state index >= 15 is 0 Å². The van der Waals surface area contributed by atoms with E-state index in [0.29, 0.717) is 5.96 Å². The van der Waals surface area contributed by atoms with Gasteiger partial charge in [0.05, 0.1) is 0 Å². The van der Waals surface area contributed by atoms with E-state index in [1.54, 1.807) is 7.05 Å². The Morgan fingerprint density at radius 2 is 2.10 bits per heavy atom. The third-order valence-corrected chi connectivity index (χ3v) is 2.47. The first-order valence-electron chi connectivity index (χ1n) is 2.98. The fraction of sp³-hybridized carbons (Fsp3) is 0.167. The fourth-order valence-corrected chi connectivity index (χ4v) is 1.70. The van der Waals surface area contributed by atoms with Crippen molar-refractivity contribution < 1.29 is 0 Å². The molecule has 0 aromatic heterocycles. The van der Waals surface area contributed by atoms with Crippen molar-refractivity contribution >= 4 is 17.0 Å². The highest BCUT2D eigenvalue weighted by atomic mass is 32.2. The van der Waals surface area contributed by atoms with Crippen LogP contribution in [0.4, 0.5) is 0 Å². The van der Waals surface area contributed by atoms with Crippen LogP contribution in [-0.2, 0) is 0 Å². The smallest absolute Gasteiger partial charge is 0.198 e. The van der Waals surface area contributed by atoms with Gasteiger partial charge in [-0.05, 0) is 10.8 Å². The molecule has 0 aliphatic carbocycles. The Bertz CT molecular complexity index is 183. The van der Waals surface area contributed by atoms with Gasteiger partial charge >= 0.3 is 0 Å². The summed E-state index contributed by atoms with van der Waals surface area (Å²) < 4.78 is 4.17. The molecular weight excluding hydrogens is 146 g/mol. The predicted octanol–water partition coefficient (Wildman–Crippen LogP) is 0.478. The van der Waals surface area contributed by atoms with Crippen molar-refractivity contribution in [3.63, 3.8) is 0 Å². The molecule has 0 radical (unpaired) electrons. The molecule has 0 atom stereocenters. The number of thiol groups is 1. The maximum Gasteiger partial charge on any atom is 0.198 e. The molecule has 56 valence electrons. The molecule has 1 heterocycles. The van der Waals surface area contributed by atoms with E-state index in [2.05, 4.69) is 9.71 Å². The molecule has 1 rings (SSSR count). The summed E-state index contributed by atoms with van der Waals surface area (Å²) in [5.74, 6) is 0.502. The number of nitrogens with one attached hydrogen (secondary N) is 1. The molecule has 1 aliphatic heterocycles. The Labute approximate surface area is 63.2 Å². The Morgan fingerprint density at radius 1 is 1.50 bits per heavy atom. The van der Waals surface area contributed by atoms with E-state index in [9.17, 15) is 0 Å². The van der Waals surface area contributed by atoms with Crippen LogP contribution in [0.1, 0.15) is 0 Å². The zero-order valence-corrected chi connectivity index (χ0v) is 6.68. The van der Waals surface area contributed by atoms with Gasteiger partial charge in [-0.25, -0.2) is 0 Å². The van der Waals surface area contributed by atoms with Crippen LogP contribution in [0.15, 0.2) is 27.4 Å². The highest BCUT2D eigenvalue weighted by molar-refractivity contribution is 8.21. The van der Waals surface area contributed by atoms with Crippen molar-refractivity contribution in [3.8, 4) is 0 Å². The van der Waals surface area contributed by atoms with Crippen LogP contribution < -0.4 is 11.1 Å². The Hall–Kier alpha value is -0.900. The highest BCUT2D eigenvalue weighted by Gasteiger charge is 1.94. The van der Waals surface area contributed by atoms with E-state index in [-0.39, 0.29) is 0 Å². The first-order chi connectivity index (χ1) is 4.83. The van der Waals surface area contributed by atoms with Crippen LogP contribution in [0.25, 0.3) is 0 Å². The summed E-state index contributed by atoms with van der Waals surface area (Å²) in [6.45, 7) is 0. The van der Waals surface area contributed by atoms with Crippen molar-refractivity contribution in [1.29, 1.82) is 0 Å². The molecule has 3 N–H and O–H groups in total. The number of nitrogens with zero attached hydrogens (tertiary/aromatic N) is 1. The molecule has 10 heavy (non-hydrogen) atoms. The van der Waals surface area contributed by atoms with Crippen LogP contribution in [0.3, 0.4) is 0 Å². The van der Waals surface area contributed by atoms with E-state index < -0.39 is 11.1 Å². The molecule has 0 saturated heterocycles. The molecule has 0 unspecified atom stereocenters. The molecule has 0 amide bonds. The van der Waals surface area contributed by atoms with Gasteiger partial charge in [0.25, 0.3) is 0 Å². The van der Waals surface area contributed by atoms with Crippen LogP contribution >= 0.6 is 11.1 Å². The van der Waals surface area contributed by atoms with Gasteiger partial charge in [-0.15, -0.1) is 11.1 Å². The lowest BCUT2D eigenvalue weighted by Gasteiger charge is -2.03. The Balaban J connectivity index is 2.52. The van der Waals surface area contributed by atoms with E-state index in [1.165, 1.54) is 0 Å². The summed E-state index contributed by atoms with van der Waals surface area (Å²) in [5, 5.41) is 6.85. The monoisotopic (exact) mass is 157 g/mol. The zero-order valence-electron chi connectivity index (χ0n) is 5.78. The number of rotatable bonds is 1. The SMILES string of the molecule is CNC(N)=N[SH]1C=CC=C1. The van der Waals surface area contributed by atoms with Crippen molar-refractivity contribution in [2.45, 2.75) is 0 Å². The van der Waals surface area contributed by atoms with E-state index in [0.717, 1.165) is 0 Å². The lowest BCUT2D eigenvalue weighted by molar-refractivity contribution is 1.15. The molecule has 0 fully saturated rings. The normalized spacial score (nSPS) is 20.1. The Kier molecular flexibility index (Phi) is 2.39. The topological polar surface area (TPSA) is 50.4 Å². The maximum atomic E-state index is 5.44. The number of guanidine groups is 1. The minimum atomic E-state index is -0.451. The third kappa shape index (κ3) is 1.80. The first kappa shape index (κ1) is 7.21. The molecule has 1 aliphatic rings. The van der Waals surface area contributed by atoms with Crippen LogP contribution in [0.5, 0.6) is 0 Å². The summed E-state index contributed by atoms with van der Waals surface area (Å²) >= 11 is -0.451. The third-order valence-electron chi connectivity index (χ3n) is 1.07. The van der Waals surface area contributed by atoms with Gasteiger partial charge in [0.1, 0.15) is 0 Å². The quantitative estimate of drug-likeness (QED) is 0.294. The molecule has 0 bridgehead atoms. The average Bonchev–Trinajstić information content (AvgIpc) is 2.40. The van der Waals surface area contributed by atoms with Crippen molar-refractivity contribution in [3.05, 3.63) is 23.0 Å².